The number of aromatic nitrogens is 3. The fourth-order valence-electron chi connectivity index (χ4n) is 3.30. The van der Waals surface area contributed by atoms with E-state index in [9.17, 15) is 0 Å². The molecule has 0 saturated carbocycles. The van der Waals surface area contributed by atoms with Crippen LogP contribution in [0.15, 0.2) is 24.7 Å². The summed E-state index contributed by atoms with van der Waals surface area (Å²) >= 11 is 0. The number of pyridine rings is 1. The molecule has 0 aliphatic carbocycles. The molecule has 3 heterocycles. The second kappa shape index (κ2) is 7.98. The van der Waals surface area contributed by atoms with Gasteiger partial charge in [0.25, 0.3) is 0 Å². The molecule has 0 radical (unpaired) electrons. The van der Waals surface area contributed by atoms with Gasteiger partial charge in [0.15, 0.2) is 0 Å². The number of rotatable bonds is 3. The molecule has 0 atom stereocenters. The number of hydrogen-bond donors (Lipinski definition) is 1. The Kier molecular flexibility index (Phi) is 5.49. The van der Waals surface area contributed by atoms with Crippen LogP contribution in [0, 0.1) is 24.7 Å². The maximum atomic E-state index is 5.63. The summed E-state index contributed by atoms with van der Waals surface area (Å²) in [5.74, 6) is 8.72. The van der Waals surface area contributed by atoms with Crippen LogP contribution >= 0.6 is 0 Å². The van der Waals surface area contributed by atoms with Crippen LogP contribution in [0.25, 0.3) is 0 Å². The van der Waals surface area contributed by atoms with E-state index in [1.165, 1.54) is 25.7 Å². The molecule has 2 aromatic rings. The minimum Gasteiger partial charge on any atom is -0.384 e. The summed E-state index contributed by atoms with van der Waals surface area (Å²) in [5.41, 5.74) is 8.29. The van der Waals surface area contributed by atoms with Crippen molar-refractivity contribution >= 4 is 11.6 Å². The third-order valence-corrected chi connectivity index (χ3v) is 4.75. The predicted molar refractivity (Wildman–Crippen MR) is 101 cm³/mol. The summed E-state index contributed by atoms with van der Waals surface area (Å²) in [6.07, 6.45) is 8.38. The molecule has 5 nitrogen and oxygen atoms in total. The van der Waals surface area contributed by atoms with Crippen LogP contribution in [0.2, 0.25) is 0 Å². The lowest BCUT2D eigenvalue weighted by molar-refractivity contribution is 0.377. The van der Waals surface area contributed by atoms with E-state index in [1.54, 1.807) is 18.6 Å². The average Bonchev–Trinajstić information content (AvgIpc) is 2.63. The van der Waals surface area contributed by atoms with Gasteiger partial charge in [0.05, 0.1) is 11.3 Å². The topological polar surface area (TPSA) is 67.9 Å². The van der Waals surface area contributed by atoms with Gasteiger partial charge in [-0.1, -0.05) is 31.6 Å². The molecule has 3 rings (SSSR count). The van der Waals surface area contributed by atoms with Gasteiger partial charge in [0, 0.05) is 24.8 Å². The Labute approximate surface area is 149 Å². The zero-order valence-corrected chi connectivity index (χ0v) is 15.0. The summed E-state index contributed by atoms with van der Waals surface area (Å²) in [7, 11) is 0. The Bertz CT molecular complexity index is 765. The number of hydrogen-bond acceptors (Lipinski definition) is 5. The van der Waals surface area contributed by atoms with Gasteiger partial charge in [-0.15, -0.1) is 0 Å². The molecule has 2 aromatic heterocycles. The van der Waals surface area contributed by atoms with Gasteiger partial charge in [-0.25, -0.2) is 15.0 Å². The van der Waals surface area contributed by atoms with E-state index >= 15 is 0 Å². The molecule has 0 aromatic carbocycles. The van der Waals surface area contributed by atoms with Crippen LogP contribution in [0.5, 0.6) is 0 Å². The van der Waals surface area contributed by atoms with E-state index in [-0.39, 0.29) is 0 Å². The zero-order chi connectivity index (χ0) is 17.6. The van der Waals surface area contributed by atoms with Crippen LogP contribution < -0.4 is 10.6 Å². The van der Waals surface area contributed by atoms with E-state index in [4.69, 9.17) is 5.73 Å². The molecular weight excluding hydrogens is 310 g/mol. The number of nitrogens with two attached hydrogens (primary N) is 1. The van der Waals surface area contributed by atoms with Crippen LogP contribution in [-0.4, -0.2) is 28.0 Å². The highest BCUT2D eigenvalue weighted by molar-refractivity contribution is 5.59. The summed E-state index contributed by atoms with van der Waals surface area (Å²) < 4.78 is 0. The Hall–Kier alpha value is -2.61. The maximum absolute atomic E-state index is 5.63. The highest BCUT2D eigenvalue weighted by Crippen LogP contribution is 2.27. The molecule has 130 valence electrons. The van der Waals surface area contributed by atoms with Crippen molar-refractivity contribution in [2.24, 2.45) is 5.92 Å². The van der Waals surface area contributed by atoms with Crippen molar-refractivity contribution in [3.63, 3.8) is 0 Å². The minimum absolute atomic E-state index is 0.500. The first-order valence-electron chi connectivity index (χ1n) is 8.97. The number of nitrogen functional groups attached to an aromatic ring is 1. The summed E-state index contributed by atoms with van der Waals surface area (Å²) in [6.45, 7) is 6.33. The van der Waals surface area contributed by atoms with Crippen LogP contribution in [-0.2, 0) is 0 Å². The van der Waals surface area contributed by atoms with E-state index in [2.05, 4.69) is 38.6 Å². The fourth-order valence-corrected chi connectivity index (χ4v) is 3.30. The molecule has 25 heavy (non-hydrogen) atoms. The van der Waals surface area contributed by atoms with Crippen LogP contribution in [0.4, 0.5) is 11.6 Å². The normalized spacial score (nSPS) is 14.9. The number of nitrogens with zero attached hydrogens (tertiary/aromatic N) is 4. The van der Waals surface area contributed by atoms with Gasteiger partial charge in [0.2, 0.25) is 0 Å². The highest BCUT2D eigenvalue weighted by atomic mass is 15.2. The summed E-state index contributed by atoms with van der Waals surface area (Å²) in [4.78, 5) is 15.3. The monoisotopic (exact) mass is 335 g/mol. The fraction of sp³-hybridized carbons (Fsp3) is 0.450. The third-order valence-electron chi connectivity index (χ3n) is 4.75. The number of piperidine rings is 1. The molecule has 1 aliphatic rings. The lowest BCUT2D eigenvalue weighted by Crippen LogP contribution is -2.35. The summed E-state index contributed by atoms with van der Waals surface area (Å²) in [5, 5.41) is 0. The van der Waals surface area contributed by atoms with Crippen molar-refractivity contribution in [3.05, 3.63) is 41.5 Å². The molecule has 5 heteroatoms. The Balaban J connectivity index is 1.82. The van der Waals surface area contributed by atoms with E-state index in [0.717, 1.165) is 41.6 Å². The average molecular weight is 335 g/mol. The molecule has 1 aliphatic heterocycles. The van der Waals surface area contributed by atoms with Gasteiger partial charge in [-0.3, -0.25) is 0 Å². The Morgan fingerprint density at radius 1 is 1.16 bits per heavy atom. The second-order valence-electron chi connectivity index (χ2n) is 6.60. The lowest BCUT2D eigenvalue weighted by atomic mass is 9.92. The van der Waals surface area contributed by atoms with Crippen molar-refractivity contribution in [2.45, 2.75) is 39.5 Å². The quantitative estimate of drug-likeness (QED) is 0.873. The smallest absolute Gasteiger partial charge is 0.148 e. The number of anilines is 2. The van der Waals surface area contributed by atoms with Gasteiger partial charge < -0.3 is 10.6 Å². The van der Waals surface area contributed by atoms with Gasteiger partial charge in [-0.2, -0.15) is 0 Å². The van der Waals surface area contributed by atoms with Crippen molar-refractivity contribution in [3.8, 4) is 11.8 Å². The minimum atomic E-state index is 0.500. The maximum Gasteiger partial charge on any atom is 0.148 e. The molecule has 2 N–H and O–H groups in total. The van der Waals surface area contributed by atoms with Crippen LogP contribution in [0.3, 0.4) is 0 Å². The Morgan fingerprint density at radius 3 is 2.64 bits per heavy atom. The molecule has 0 amide bonds. The van der Waals surface area contributed by atoms with E-state index in [1.807, 2.05) is 13.0 Å². The first-order chi connectivity index (χ1) is 12.2. The molecule has 1 fully saturated rings. The third kappa shape index (κ3) is 4.27. The van der Waals surface area contributed by atoms with E-state index in [0.29, 0.717) is 5.82 Å². The van der Waals surface area contributed by atoms with Crippen LogP contribution in [0.1, 0.15) is 49.4 Å². The van der Waals surface area contributed by atoms with Crippen molar-refractivity contribution < 1.29 is 0 Å². The SMILES string of the molecule is CCCC1CCN(c2ncnc(C)c2C#Cc2ccc(N)nc2)CC1. The molecule has 0 bridgehead atoms. The predicted octanol–water partition coefficient (Wildman–Crippen LogP) is 3.18. The molecular formula is C20H25N5. The largest absolute Gasteiger partial charge is 0.384 e. The van der Waals surface area contributed by atoms with Crippen molar-refractivity contribution in [2.75, 3.05) is 23.7 Å². The summed E-state index contributed by atoms with van der Waals surface area (Å²) in [6, 6.07) is 3.64. The highest BCUT2D eigenvalue weighted by Gasteiger charge is 2.21. The molecule has 0 spiro atoms. The standard InChI is InChI=1S/C20H25N5/c1-3-4-16-9-11-25(12-10-16)20-18(15(2)23-14-24-20)7-5-17-6-8-19(21)22-13-17/h6,8,13-14,16H,3-4,9-12H2,1-2H3,(H2,21,22). The first-order valence-corrected chi connectivity index (χ1v) is 8.97. The first kappa shape index (κ1) is 17.2. The van der Waals surface area contributed by atoms with Gasteiger partial charge in [-0.05, 0) is 37.8 Å². The second-order valence-corrected chi connectivity index (χ2v) is 6.60. The zero-order valence-electron chi connectivity index (χ0n) is 15.0. The van der Waals surface area contributed by atoms with Crippen molar-refractivity contribution in [1.82, 2.24) is 15.0 Å². The van der Waals surface area contributed by atoms with Gasteiger partial charge >= 0.3 is 0 Å². The number of aryl methyl sites for hydroxylation is 1. The van der Waals surface area contributed by atoms with Crippen molar-refractivity contribution in [1.29, 1.82) is 0 Å². The van der Waals surface area contributed by atoms with E-state index < -0.39 is 0 Å². The molecule has 0 unspecified atom stereocenters. The Morgan fingerprint density at radius 2 is 1.96 bits per heavy atom. The molecule has 1 saturated heterocycles. The van der Waals surface area contributed by atoms with Gasteiger partial charge in [0.1, 0.15) is 18.0 Å². The lowest BCUT2D eigenvalue weighted by Gasteiger charge is -2.33.